The molecule has 1 aliphatic heterocycles. The van der Waals surface area contributed by atoms with Crippen molar-refractivity contribution in [3.8, 4) is 0 Å². The summed E-state index contributed by atoms with van der Waals surface area (Å²) in [4.78, 5) is 0. The zero-order valence-corrected chi connectivity index (χ0v) is 12.1. The molecule has 2 aromatic carbocycles. The molecular weight excluding hydrogens is 265 g/mol. The normalized spacial score (nSPS) is 20.6. The van der Waals surface area contributed by atoms with E-state index in [1.54, 1.807) is 18.2 Å². The smallest absolute Gasteiger partial charge is 0.129 e. The SMILES string of the molecule is CCC(O)(c1ccccc1F)C1NCCc2ccccc21. The van der Waals surface area contributed by atoms with Crippen LogP contribution in [0.15, 0.2) is 48.5 Å². The number of hydrogen-bond acceptors (Lipinski definition) is 2. The maximum absolute atomic E-state index is 14.2. The Morgan fingerprint density at radius 1 is 1.19 bits per heavy atom. The molecule has 0 aliphatic carbocycles. The van der Waals surface area contributed by atoms with E-state index in [1.807, 2.05) is 25.1 Å². The molecule has 2 nitrogen and oxygen atoms in total. The van der Waals surface area contributed by atoms with Crippen LogP contribution in [0.5, 0.6) is 0 Å². The van der Waals surface area contributed by atoms with Crippen molar-refractivity contribution in [2.45, 2.75) is 31.4 Å². The van der Waals surface area contributed by atoms with Crippen LogP contribution in [0, 0.1) is 5.82 Å². The van der Waals surface area contributed by atoms with Crippen molar-refractivity contribution in [2.24, 2.45) is 0 Å². The van der Waals surface area contributed by atoms with Gasteiger partial charge in [0, 0.05) is 5.56 Å². The summed E-state index contributed by atoms with van der Waals surface area (Å²) >= 11 is 0. The monoisotopic (exact) mass is 285 g/mol. The van der Waals surface area contributed by atoms with Crippen LogP contribution in [0.25, 0.3) is 0 Å². The third kappa shape index (κ3) is 2.37. The Balaban J connectivity index is 2.11. The molecule has 2 atom stereocenters. The molecule has 2 unspecified atom stereocenters. The molecule has 1 heterocycles. The van der Waals surface area contributed by atoms with Crippen LogP contribution in [0.3, 0.4) is 0 Å². The van der Waals surface area contributed by atoms with Crippen LogP contribution in [0.2, 0.25) is 0 Å². The summed E-state index contributed by atoms with van der Waals surface area (Å²) in [6, 6.07) is 14.3. The van der Waals surface area contributed by atoms with Crippen LogP contribution >= 0.6 is 0 Å². The zero-order chi connectivity index (χ0) is 14.9. The molecule has 2 N–H and O–H groups in total. The molecule has 0 spiro atoms. The third-order valence-corrected chi connectivity index (χ3v) is 4.47. The van der Waals surface area contributed by atoms with Gasteiger partial charge in [0.05, 0.1) is 6.04 Å². The summed E-state index contributed by atoms with van der Waals surface area (Å²) in [5.41, 5.74) is 1.41. The van der Waals surface area contributed by atoms with Gasteiger partial charge in [-0.2, -0.15) is 0 Å². The van der Waals surface area contributed by atoms with E-state index in [-0.39, 0.29) is 11.9 Å². The molecule has 21 heavy (non-hydrogen) atoms. The first-order valence-corrected chi connectivity index (χ1v) is 7.45. The van der Waals surface area contributed by atoms with Crippen LogP contribution in [-0.2, 0) is 12.0 Å². The summed E-state index contributed by atoms with van der Waals surface area (Å²) in [6.07, 6.45) is 1.38. The van der Waals surface area contributed by atoms with Gasteiger partial charge in [-0.3, -0.25) is 0 Å². The summed E-state index contributed by atoms with van der Waals surface area (Å²) in [5.74, 6) is -0.355. The van der Waals surface area contributed by atoms with Crippen molar-refractivity contribution in [1.29, 1.82) is 0 Å². The highest BCUT2D eigenvalue weighted by Gasteiger charge is 2.41. The molecule has 110 valence electrons. The number of fused-ring (bicyclic) bond motifs is 1. The maximum atomic E-state index is 14.2. The average molecular weight is 285 g/mol. The minimum absolute atomic E-state index is 0.288. The topological polar surface area (TPSA) is 32.3 Å². The standard InChI is InChI=1S/C18H20FNO/c1-2-18(21,15-9-5-6-10-16(15)19)17-14-8-4-3-7-13(14)11-12-20-17/h3-10,17,20-21H,2,11-12H2,1H3. The van der Waals surface area contributed by atoms with Gasteiger partial charge in [-0.05, 0) is 36.6 Å². The molecule has 0 aromatic heterocycles. The Kier molecular flexibility index (Phi) is 3.79. The van der Waals surface area contributed by atoms with Crippen molar-refractivity contribution >= 4 is 0 Å². The second kappa shape index (κ2) is 5.58. The summed E-state index contributed by atoms with van der Waals surface area (Å²) in [5, 5.41) is 14.6. The van der Waals surface area contributed by atoms with Crippen molar-refractivity contribution in [3.63, 3.8) is 0 Å². The molecule has 1 aliphatic rings. The van der Waals surface area contributed by atoms with Crippen LogP contribution in [0.1, 0.15) is 36.1 Å². The van der Waals surface area contributed by atoms with E-state index >= 15 is 0 Å². The van der Waals surface area contributed by atoms with Gasteiger partial charge < -0.3 is 10.4 Å². The number of aliphatic hydroxyl groups is 1. The number of rotatable bonds is 3. The lowest BCUT2D eigenvalue weighted by atomic mass is 9.77. The van der Waals surface area contributed by atoms with Gasteiger partial charge in [0.2, 0.25) is 0 Å². The van der Waals surface area contributed by atoms with Crippen LogP contribution in [-0.4, -0.2) is 11.7 Å². The second-order valence-electron chi connectivity index (χ2n) is 5.59. The number of hydrogen-bond donors (Lipinski definition) is 2. The largest absolute Gasteiger partial charge is 0.383 e. The fourth-order valence-electron chi connectivity index (χ4n) is 3.29. The second-order valence-corrected chi connectivity index (χ2v) is 5.59. The van der Waals surface area contributed by atoms with Gasteiger partial charge in [0.25, 0.3) is 0 Å². The predicted molar refractivity (Wildman–Crippen MR) is 81.5 cm³/mol. The summed E-state index contributed by atoms with van der Waals surface area (Å²) in [6.45, 7) is 2.68. The first-order chi connectivity index (χ1) is 10.2. The number of halogens is 1. The van der Waals surface area contributed by atoms with Gasteiger partial charge in [-0.1, -0.05) is 49.4 Å². The quantitative estimate of drug-likeness (QED) is 0.907. The van der Waals surface area contributed by atoms with Gasteiger partial charge >= 0.3 is 0 Å². The van der Waals surface area contributed by atoms with Crippen LogP contribution < -0.4 is 5.32 Å². The Morgan fingerprint density at radius 3 is 2.67 bits per heavy atom. The molecule has 0 saturated carbocycles. The molecule has 0 fully saturated rings. The lowest BCUT2D eigenvalue weighted by Gasteiger charge is -2.40. The average Bonchev–Trinajstić information content (AvgIpc) is 2.54. The summed E-state index contributed by atoms with van der Waals surface area (Å²) in [7, 11) is 0. The zero-order valence-electron chi connectivity index (χ0n) is 12.1. The van der Waals surface area contributed by atoms with E-state index in [4.69, 9.17) is 0 Å². The molecule has 3 rings (SSSR count). The highest BCUT2D eigenvalue weighted by molar-refractivity contribution is 5.38. The van der Waals surface area contributed by atoms with Crippen molar-refractivity contribution in [3.05, 3.63) is 71.0 Å². The minimum atomic E-state index is -1.25. The van der Waals surface area contributed by atoms with E-state index in [9.17, 15) is 9.50 Å². The molecule has 0 radical (unpaired) electrons. The van der Waals surface area contributed by atoms with Crippen molar-refractivity contribution in [2.75, 3.05) is 6.54 Å². The van der Waals surface area contributed by atoms with E-state index in [1.165, 1.54) is 11.6 Å². The Hall–Kier alpha value is -1.71. The van der Waals surface area contributed by atoms with Crippen molar-refractivity contribution < 1.29 is 9.50 Å². The highest BCUT2D eigenvalue weighted by atomic mass is 19.1. The molecule has 0 bridgehead atoms. The van der Waals surface area contributed by atoms with E-state index in [0.29, 0.717) is 12.0 Å². The first-order valence-electron chi connectivity index (χ1n) is 7.45. The van der Waals surface area contributed by atoms with Gasteiger partial charge in [0.15, 0.2) is 0 Å². The Bertz CT molecular complexity index is 643. The molecule has 0 amide bonds. The molecule has 0 saturated heterocycles. The lowest BCUT2D eigenvalue weighted by molar-refractivity contribution is -0.0137. The number of benzene rings is 2. The third-order valence-electron chi connectivity index (χ3n) is 4.47. The minimum Gasteiger partial charge on any atom is -0.383 e. The fourth-order valence-corrected chi connectivity index (χ4v) is 3.29. The maximum Gasteiger partial charge on any atom is 0.129 e. The lowest BCUT2D eigenvalue weighted by Crippen LogP contribution is -2.45. The fraction of sp³-hybridized carbons (Fsp3) is 0.333. The van der Waals surface area contributed by atoms with Crippen molar-refractivity contribution in [1.82, 2.24) is 5.32 Å². The summed E-state index contributed by atoms with van der Waals surface area (Å²) < 4.78 is 14.2. The predicted octanol–water partition coefficient (Wildman–Crippen LogP) is 3.31. The van der Waals surface area contributed by atoms with Gasteiger partial charge in [0.1, 0.15) is 11.4 Å². The molecule has 2 aromatic rings. The van der Waals surface area contributed by atoms with E-state index in [2.05, 4.69) is 11.4 Å². The van der Waals surface area contributed by atoms with E-state index < -0.39 is 5.60 Å². The highest BCUT2D eigenvalue weighted by Crippen LogP contribution is 2.41. The van der Waals surface area contributed by atoms with Gasteiger partial charge in [-0.25, -0.2) is 4.39 Å². The number of nitrogens with one attached hydrogen (secondary N) is 1. The first kappa shape index (κ1) is 14.2. The van der Waals surface area contributed by atoms with Crippen LogP contribution in [0.4, 0.5) is 4.39 Å². The Morgan fingerprint density at radius 2 is 1.90 bits per heavy atom. The Labute approximate surface area is 124 Å². The van der Waals surface area contributed by atoms with Gasteiger partial charge in [-0.15, -0.1) is 0 Å². The molecular formula is C18H20FNO. The van der Waals surface area contributed by atoms with E-state index in [0.717, 1.165) is 18.5 Å². The molecule has 3 heteroatoms.